The molecule has 0 saturated heterocycles. The molecule has 31 heavy (non-hydrogen) atoms. The number of pyridine rings is 1. The molecule has 0 aliphatic heterocycles. The van der Waals surface area contributed by atoms with Gasteiger partial charge >= 0.3 is 5.69 Å². The molecule has 2 heterocycles. The summed E-state index contributed by atoms with van der Waals surface area (Å²) in [5.41, 5.74) is 2.47. The molecule has 0 radical (unpaired) electrons. The Morgan fingerprint density at radius 3 is 2.39 bits per heavy atom. The third kappa shape index (κ3) is 4.23. The Kier molecular flexibility index (Phi) is 5.89. The summed E-state index contributed by atoms with van der Waals surface area (Å²) in [6.07, 6.45) is 4.42. The highest BCUT2D eigenvalue weighted by atomic mass is 16.2. The van der Waals surface area contributed by atoms with E-state index in [0.29, 0.717) is 35.9 Å². The maximum absolute atomic E-state index is 13.3. The summed E-state index contributed by atoms with van der Waals surface area (Å²) in [4.78, 5) is 42.3. The van der Waals surface area contributed by atoms with Crippen LogP contribution in [-0.4, -0.2) is 19.9 Å². The fourth-order valence-electron chi connectivity index (χ4n) is 3.69. The van der Waals surface area contributed by atoms with Gasteiger partial charge < -0.3 is 0 Å². The molecule has 2 aromatic heterocycles. The van der Waals surface area contributed by atoms with Crippen molar-refractivity contribution >= 4 is 16.7 Å². The average molecular weight is 413 g/mol. The molecular formula is C25H23N3O3. The zero-order valence-electron chi connectivity index (χ0n) is 17.3. The lowest BCUT2D eigenvalue weighted by Gasteiger charge is -2.14. The molecule has 2 aromatic carbocycles. The van der Waals surface area contributed by atoms with E-state index in [1.807, 2.05) is 37.3 Å². The van der Waals surface area contributed by atoms with Crippen molar-refractivity contribution in [2.24, 2.45) is 0 Å². The molecule has 0 amide bonds. The fourth-order valence-corrected chi connectivity index (χ4v) is 3.69. The van der Waals surface area contributed by atoms with E-state index in [1.54, 1.807) is 47.3 Å². The lowest BCUT2D eigenvalue weighted by molar-refractivity contribution is 0.0988. The highest BCUT2D eigenvalue weighted by Crippen LogP contribution is 2.12. The van der Waals surface area contributed by atoms with E-state index >= 15 is 0 Å². The third-order valence-electron chi connectivity index (χ3n) is 5.42. The molecule has 0 unspecified atom stereocenters. The van der Waals surface area contributed by atoms with Crippen LogP contribution in [0, 0.1) is 0 Å². The first-order chi connectivity index (χ1) is 15.1. The van der Waals surface area contributed by atoms with Crippen LogP contribution in [0.25, 0.3) is 10.9 Å². The lowest BCUT2D eigenvalue weighted by atomic mass is 10.1. The number of hydrogen-bond donors (Lipinski definition) is 0. The number of carbonyl (C=O) groups excluding carboxylic acids is 1. The maximum atomic E-state index is 13.3. The van der Waals surface area contributed by atoms with Crippen LogP contribution >= 0.6 is 0 Å². The van der Waals surface area contributed by atoms with Gasteiger partial charge in [0.05, 0.1) is 17.4 Å². The van der Waals surface area contributed by atoms with Crippen molar-refractivity contribution in [3.8, 4) is 0 Å². The Bertz CT molecular complexity index is 1340. The minimum absolute atomic E-state index is 0.0816. The molecule has 4 aromatic rings. The molecule has 0 aliphatic carbocycles. The van der Waals surface area contributed by atoms with Crippen molar-refractivity contribution in [3.63, 3.8) is 0 Å². The second kappa shape index (κ2) is 8.92. The summed E-state index contributed by atoms with van der Waals surface area (Å²) in [5, 5.41) is 0.506. The van der Waals surface area contributed by atoms with Gasteiger partial charge in [0.25, 0.3) is 5.56 Å². The Morgan fingerprint density at radius 2 is 1.68 bits per heavy atom. The lowest BCUT2D eigenvalue weighted by Crippen LogP contribution is -2.40. The summed E-state index contributed by atoms with van der Waals surface area (Å²) >= 11 is 0. The number of hydrogen-bond acceptors (Lipinski definition) is 4. The maximum Gasteiger partial charge on any atom is 0.331 e. The van der Waals surface area contributed by atoms with Gasteiger partial charge in [0.2, 0.25) is 0 Å². The van der Waals surface area contributed by atoms with E-state index < -0.39 is 0 Å². The molecule has 6 nitrogen and oxygen atoms in total. The molecule has 0 aliphatic rings. The van der Waals surface area contributed by atoms with Crippen LogP contribution in [0.5, 0.6) is 0 Å². The number of ketones is 1. The van der Waals surface area contributed by atoms with Crippen molar-refractivity contribution in [2.75, 3.05) is 0 Å². The zero-order valence-corrected chi connectivity index (χ0v) is 17.3. The third-order valence-corrected chi connectivity index (χ3v) is 5.42. The number of aromatic nitrogens is 3. The topological polar surface area (TPSA) is 74.0 Å². The highest BCUT2D eigenvalue weighted by molar-refractivity contribution is 5.95. The number of aryl methyl sites for hydroxylation is 1. The normalized spacial score (nSPS) is 11.0. The molecular weight excluding hydrogens is 390 g/mol. The van der Waals surface area contributed by atoms with Crippen molar-refractivity contribution in [3.05, 3.63) is 111 Å². The van der Waals surface area contributed by atoms with Crippen molar-refractivity contribution in [1.82, 2.24) is 14.1 Å². The Labute approximate surface area is 179 Å². The molecule has 0 bridgehead atoms. The van der Waals surface area contributed by atoms with Crippen molar-refractivity contribution in [2.45, 2.75) is 32.9 Å². The average Bonchev–Trinajstić information content (AvgIpc) is 2.82. The number of benzene rings is 2. The number of rotatable bonds is 7. The fraction of sp³-hybridized carbons (Fsp3) is 0.200. The predicted molar refractivity (Wildman–Crippen MR) is 121 cm³/mol. The Balaban J connectivity index is 1.74. The van der Waals surface area contributed by atoms with Gasteiger partial charge in [-0.15, -0.1) is 0 Å². The predicted octanol–water partition coefficient (Wildman–Crippen LogP) is 3.44. The molecule has 0 fully saturated rings. The Hall–Kier alpha value is -3.80. The first kappa shape index (κ1) is 20.5. The van der Waals surface area contributed by atoms with Crippen LogP contribution in [0.3, 0.4) is 0 Å². The number of para-hydroxylation sites is 1. The summed E-state index contributed by atoms with van der Waals surface area (Å²) < 4.78 is 2.92. The van der Waals surface area contributed by atoms with Crippen LogP contribution in [-0.2, 0) is 19.5 Å². The molecule has 0 spiro atoms. The van der Waals surface area contributed by atoms with Crippen molar-refractivity contribution < 1.29 is 4.79 Å². The smallest absolute Gasteiger partial charge is 0.294 e. The quantitative estimate of drug-likeness (QED) is 0.435. The second-order valence-electron chi connectivity index (χ2n) is 7.43. The van der Waals surface area contributed by atoms with E-state index in [9.17, 15) is 14.4 Å². The van der Waals surface area contributed by atoms with Crippen LogP contribution < -0.4 is 11.2 Å². The van der Waals surface area contributed by atoms with E-state index in [2.05, 4.69) is 4.98 Å². The van der Waals surface area contributed by atoms with Gasteiger partial charge in [0.15, 0.2) is 5.78 Å². The number of carbonyl (C=O) groups is 1. The van der Waals surface area contributed by atoms with Crippen LogP contribution in [0.4, 0.5) is 0 Å². The van der Waals surface area contributed by atoms with Gasteiger partial charge in [-0.25, -0.2) is 4.79 Å². The minimum atomic E-state index is -0.346. The van der Waals surface area contributed by atoms with Gasteiger partial charge in [-0.3, -0.25) is 23.7 Å². The first-order valence-corrected chi connectivity index (χ1v) is 10.3. The van der Waals surface area contributed by atoms with Gasteiger partial charge in [0, 0.05) is 30.9 Å². The largest absolute Gasteiger partial charge is 0.331 e. The standard InChI is InChI=1S/C25H23N3O3/c1-2-23(29)20-11-9-19(10-12-20)17-28-22-8-4-3-7-21(22)24(30)27(25(28)31)15-13-18-6-5-14-26-16-18/h3-12,14,16H,2,13,15,17H2,1H3. The van der Waals surface area contributed by atoms with Gasteiger partial charge in [-0.05, 0) is 35.7 Å². The summed E-state index contributed by atoms with van der Waals surface area (Å²) in [6, 6.07) is 18.2. The van der Waals surface area contributed by atoms with Crippen molar-refractivity contribution in [1.29, 1.82) is 0 Å². The second-order valence-corrected chi connectivity index (χ2v) is 7.43. The monoisotopic (exact) mass is 413 g/mol. The number of nitrogens with zero attached hydrogens (tertiary/aromatic N) is 3. The number of Topliss-reactive ketones (excluding diaryl/α,β-unsaturated/α-hetero) is 1. The van der Waals surface area contributed by atoms with Gasteiger partial charge in [-0.1, -0.05) is 49.4 Å². The zero-order chi connectivity index (χ0) is 21.8. The van der Waals surface area contributed by atoms with E-state index in [4.69, 9.17) is 0 Å². The molecule has 6 heteroatoms. The van der Waals surface area contributed by atoms with E-state index in [-0.39, 0.29) is 23.6 Å². The van der Waals surface area contributed by atoms with Crippen LogP contribution in [0.2, 0.25) is 0 Å². The molecule has 0 N–H and O–H groups in total. The first-order valence-electron chi connectivity index (χ1n) is 10.3. The van der Waals surface area contributed by atoms with E-state index in [0.717, 1.165) is 11.1 Å². The van der Waals surface area contributed by atoms with Crippen LogP contribution in [0.1, 0.15) is 34.8 Å². The van der Waals surface area contributed by atoms with E-state index in [1.165, 1.54) is 4.57 Å². The molecule has 4 rings (SSSR count). The highest BCUT2D eigenvalue weighted by Gasteiger charge is 2.13. The summed E-state index contributed by atoms with van der Waals surface area (Å²) in [5.74, 6) is 0.0816. The van der Waals surface area contributed by atoms with Crippen LogP contribution in [0.15, 0.2) is 82.6 Å². The van der Waals surface area contributed by atoms with Gasteiger partial charge in [-0.2, -0.15) is 0 Å². The van der Waals surface area contributed by atoms with Gasteiger partial charge in [0.1, 0.15) is 0 Å². The summed E-state index contributed by atoms with van der Waals surface area (Å²) in [6.45, 7) is 2.42. The SMILES string of the molecule is CCC(=O)c1ccc(Cn2c(=O)n(CCc3cccnc3)c(=O)c3ccccc32)cc1. The Morgan fingerprint density at radius 1 is 0.903 bits per heavy atom. The molecule has 0 atom stereocenters. The minimum Gasteiger partial charge on any atom is -0.294 e. The number of fused-ring (bicyclic) bond motifs is 1. The molecule has 0 saturated carbocycles. The molecule has 156 valence electrons. The summed E-state index contributed by atoms with van der Waals surface area (Å²) in [7, 11) is 0.